The molecule has 0 bridgehead atoms. The lowest BCUT2D eigenvalue weighted by Crippen LogP contribution is -2.45. The fourth-order valence-electron chi connectivity index (χ4n) is 1.96. The van der Waals surface area contributed by atoms with E-state index in [9.17, 15) is 14.7 Å². The summed E-state index contributed by atoms with van der Waals surface area (Å²) >= 11 is 0. The van der Waals surface area contributed by atoms with Gasteiger partial charge in [0.15, 0.2) is 5.41 Å². The molecular weight excluding hydrogens is 232 g/mol. The Bertz CT molecular complexity index is 273. The zero-order valence-corrected chi connectivity index (χ0v) is 12.0. The van der Waals surface area contributed by atoms with E-state index >= 15 is 0 Å². The third kappa shape index (κ3) is 4.00. The maximum Gasteiger partial charge on any atom is 0.323 e. The molecule has 0 fully saturated rings. The summed E-state index contributed by atoms with van der Waals surface area (Å²) < 4.78 is 5.15. The lowest BCUT2D eigenvalue weighted by atomic mass is 9.73. The van der Waals surface area contributed by atoms with Gasteiger partial charge in [0.05, 0.1) is 6.61 Å². The van der Waals surface area contributed by atoms with Gasteiger partial charge in [-0.2, -0.15) is 0 Å². The Balaban J connectivity index is 4.92. The standard InChI is InChI=1S/C14H26O4/c1-5-7-9-14(11(3)4,12(15)16)13(17)18-10-8-6-2/h11H,5-10H2,1-4H3,(H,15,16). The van der Waals surface area contributed by atoms with Crippen LogP contribution in [0.4, 0.5) is 0 Å². The largest absolute Gasteiger partial charge is 0.480 e. The molecule has 0 aliphatic rings. The van der Waals surface area contributed by atoms with Gasteiger partial charge in [-0.15, -0.1) is 0 Å². The summed E-state index contributed by atoms with van der Waals surface area (Å²) in [6.45, 7) is 7.83. The van der Waals surface area contributed by atoms with E-state index in [-0.39, 0.29) is 5.92 Å². The third-order valence-electron chi connectivity index (χ3n) is 3.39. The molecule has 0 aliphatic heterocycles. The van der Waals surface area contributed by atoms with Crippen LogP contribution < -0.4 is 0 Å². The normalized spacial score (nSPS) is 14.3. The molecule has 1 unspecified atom stereocenters. The van der Waals surface area contributed by atoms with E-state index in [1.54, 1.807) is 13.8 Å². The summed E-state index contributed by atoms with van der Waals surface area (Å²) in [5, 5.41) is 9.45. The van der Waals surface area contributed by atoms with Crippen molar-refractivity contribution < 1.29 is 19.4 Å². The lowest BCUT2D eigenvalue weighted by Gasteiger charge is -2.30. The molecule has 4 heteroatoms. The number of carboxylic acids is 1. The van der Waals surface area contributed by atoms with Gasteiger partial charge in [-0.25, -0.2) is 0 Å². The average molecular weight is 258 g/mol. The summed E-state index contributed by atoms with van der Waals surface area (Å²) in [5.74, 6) is -1.91. The summed E-state index contributed by atoms with van der Waals surface area (Å²) in [4.78, 5) is 23.7. The van der Waals surface area contributed by atoms with Crippen LogP contribution in [-0.4, -0.2) is 23.7 Å². The Kier molecular flexibility index (Phi) is 7.64. The van der Waals surface area contributed by atoms with E-state index in [0.29, 0.717) is 19.4 Å². The van der Waals surface area contributed by atoms with E-state index in [2.05, 4.69) is 0 Å². The van der Waals surface area contributed by atoms with Gasteiger partial charge in [0.25, 0.3) is 0 Å². The number of esters is 1. The molecule has 0 spiro atoms. The predicted molar refractivity (Wildman–Crippen MR) is 70.3 cm³/mol. The van der Waals surface area contributed by atoms with Crippen molar-refractivity contribution in [1.29, 1.82) is 0 Å². The Labute approximate surface area is 110 Å². The van der Waals surface area contributed by atoms with Gasteiger partial charge in [0, 0.05) is 0 Å². The monoisotopic (exact) mass is 258 g/mol. The SMILES string of the molecule is CCCCOC(=O)C(CCCC)(C(=O)O)C(C)C. The fourth-order valence-corrected chi connectivity index (χ4v) is 1.96. The molecule has 0 heterocycles. The highest BCUT2D eigenvalue weighted by molar-refractivity contribution is 5.99. The van der Waals surface area contributed by atoms with Crippen LogP contribution in [0.2, 0.25) is 0 Å². The number of carboxylic acid groups (broad SMARTS) is 1. The van der Waals surface area contributed by atoms with Gasteiger partial charge in [-0.3, -0.25) is 9.59 Å². The van der Waals surface area contributed by atoms with E-state index in [4.69, 9.17) is 4.74 Å². The number of carbonyl (C=O) groups is 2. The van der Waals surface area contributed by atoms with Crippen molar-refractivity contribution in [2.45, 2.75) is 59.8 Å². The molecule has 0 aliphatic carbocycles. The zero-order chi connectivity index (χ0) is 14.2. The predicted octanol–water partition coefficient (Wildman–Crippen LogP) is 3.25. The van der Waals surface area contributed by atoms with Crippen molar-refractivity contribution in [3.8, 4) is 0 Å². The van der Waals surface area contributed by atoms with Gasteiger partial charge < -0.3 is 9.84 Å². The number of aliphatic carboxylic acids is 1. The first-order valence-electron chi connectivity index (χ1n) is 6.84. The molecule has 0 aromatic carbocycles. The van der Waals surface area contributed by atoms with E-state index in [1.807, 2.05) is 13.8 Å². The van der Waals surface area contributed by atoms with E-state index in [0.717, 1.165) is 19.3 Å². The molecule has 18 heavy (non-hydrogen) atoms. The molecule has 0 saturated carbocycles. The van der Waals surface area contributed by atoms with Crippen LogP contribution in [0.25, 0.3) is 0 Å². The van der Waals surface area contributed by atoms with Crippen molar-refractivity contribution in [2.75, 3.05) is 6.61 Å². The second-order valence-corrected chi connectivity index (χ2v) is 5.02. The first kappa shape index (κ1) is 16.9. The van der Waals surface area contributed by atoms with Crippen LogP contribution in [0.1, 0.15) is 59.8 Å². The Morgan fingerprint density at radius 1 is 1.17 bits per heavy atom. The Morgan fingerprint density at radius 2 is 1.72 bits per heavy atom. The van der Waals surface area contributed by atoms with Crippen molar-refractivity contribution >= 4 is 11.9 Å². The van der Waals surface area contributed by atoms with Crippen molar-refractivity contribution in [3.63, 3.8) is 0 Å². The number of hydrogen-bond acceptors (Lipinski definition) is 3. The summed E-state index contributed by atoms with van der Waals surface area (Å²) in [5.41, 5.74) is -1.39. The highest BCUT2D eigenvalue weighted by Crippen LogP contribution is 2.35. The molecular formula is C14H26O4. The topological polar surface area (TPSA) is 63.6 Å². The number of hydrogen-bond donors (Lipinski definition) is 1. The fraction of sp³-hybridized carbons (Fsp3) is 0.857. The van der Waals surface area contributed by atoms with Gasteiger partial charge >= 0.3 is 11.9 Å². The van der Waals surface area contributed by atoms with Gasteiger partial charge in [-0.1, -0.05) is 47.0 Å². The average Bonchev–Trinajstić information content (AvgIpc) is 2.29. The summed E-state index contributed by atoms with van der Waals surface area (Å²) in [6.07, 6.45) is 3.62. The van der Waals surface area contributed by atoms with Crippen LogP contribution in [0.5, 0.6) is 0 Å². The molecule has 0 radical (unpaired) electrons. The van der Waals surface area contributed by atoms with Crippen molar-refractivity contribution in [1.82, 2.24) is 0 Å². The lowest BCUT2D eigenvalue weighted by molar-refractivity contribution is -0.173. The first-order valence-corrected chi connectivity index (χ1v) is 6.84. The highest BCUT2D eigenvalue weighted by Gasteiger charge is 2.49. The number of rotatable bonds is 9. The zero-order valence-electron chi connectivity index (χ0n) is 12.0. The number of ether oxygens (including phenoxy) is 1. The maximum atomic E-state index is 12.1. The molecule has 0 amide bonds. The van der Waals surface area contributed by atoms with Gasteiger partial charge in [-0.05, 0) is 18.8 Å². The summed E-state index contributed by atoms with van der Waals surface area (Å²) in [6, 6.07) is 0. The molecule has 0 rings (SSSR count). The van der Waals surface area contributed by atoms with Crippen LogP contribution in [-0.2, 0) is 14.3 Å². The highest BCUT2D eigenvalue weighted by atomic mass is 16.5. The van der Waals surface area contributed by atoms with E-state index in [1.165, 1.54) is 0 Å². The van der Waals surface area contributed by atoms with Crippen molar-refractivity contribution in [2.24, 2.45) is 11.3 Å². The molecule has 0 aromatic rings. The van der Waals surface area contributed by atoms with Crippen LogP contribution in [0.3, 0.4) is 0 Å². The number of carbonyl (C=O) groups excluding carboxylic acids is 1. The quantitative estimate of drug-likeness (QED) is 0.392. The third-order valence-corrected chi connectivity index (χ3v) is 3.39. The maximum absolute atomic E-state index is 12.1. The minimum Gasteiger partial charge on any atom is -0.480 e. The summed E-state index contributed by atoms with van der Waals surface area (Å²) in [7, 11) is 0. The molecule has 0 aromatic heterocycles. The number of unbranched alkanes of at least 4 members (excludes halogenated alkanes) is 2. The smallest absolute Gasteiger partial charge is 0.323 e. The second-order valence-electron chi connectivity index (χ2n) is 5.02. The van der Waals surface area contributed by atoms with Crippen LogP contribution in [0, 0.1) is 11.3 Å². The van der Waals surface area contributed by atoms with E-state index < -0.39 is 17.4 Å². The molecule has 1 N–H and O–H groups in total. The minimum absolute atomic E-state index is 0.268. The molecule has 106 valence electrons. The second kappa shape index (κ2) is 8.11. The van der Waals surface area contributed by atoms with Crippen molar-refractivity contribution in [3.05, 3.63) is 0 Å². The first-order chi connectivity index (χ1) is 8.43. The van der Waals surface area contributed by atoms with Gasteiger partial charge in [0.2, 0.25) is 0 Å². The Hall–Kier alpha value is -1.06. The molecule has 0 saturated heterocycles. The molecule has 1 atom stereocenters. The minimum atomic E-state index is -1.39. The molecule has 4 nitrogen and oxygen atoms in total. The Morgan fingerprint density at radius 3 is 2.11 bits per heavy atom. The van der Waals surface area contributed by atoms with Gasteiger partial charge in [0.1, 0.15) is 0 Å². The van der Waals surface area contributed by atoms with Crippen LogP contribution >= 0.6 is 0 Å². The van der Waals surface area contributed by atoms with Crippen LogP contribution in [0.15, 0.2) is 0 Å².